The minimum absolute atomic E-state index is 0.311. The van der Waals surface area contributed by atoms with Crippen LogP contribution >= 0.6 is 0 Å². The summed E-state index contributed by atoms with van der Waals surface area (Å²) >= 11 is 0. The highest BCUT2D eigenvalue weighted by Crippen LogP contribution is 2.39. The van der Waals surface area contributed by atoms with Gasteiger partial charge in [0.05, 0.1) is 6.04 Å². The minimum Gasteiger partial charge on any atom is -0.326 e. The second-order valence-corrected chi connectivity index (χ2v) is 5.63. The molecule has 0 bridgehead atoms. The zero-order valence-electron chi connectivity index (χ0n) is 10.6. The Balaban J connectivity index is 1.90. The normalized spacial score (nSPS) is 30.5. The monoisotopic (exact) mass is 230 g/mol. The molecule has 2 aliphatic rings. The highest BCUT2D eigenvalue weighted by atomic mass is 15.2. The van der Waals surface area contributed by atoms with Crippen molar-refractivity contribution in [2.45, 2.75) is 50.7 Å². The average molecular weight is 230 g/mol. The highest BCUT2D eigenvalue weighted by Gasteiger charge is 2.39. The number of benzene rings is 1. The van der Waals surface area contributed by atoms with E-state index in [9.17, 15) is 0 Å². The third-order valence-electron chi connectivity index (χ3n) is 4.12. The number of hydrogen-bond donors (Lipinski definition) is 1. The first-order valence-electron chi connectivity index (χ1n) is 6.83. The molecule has 2 heteroatoms. The van der Waals surface area contributed by atoms with Crippen molar-refractivity contribution in [3.8, 4) is 0 Å². The van der Waals surface area contributed by atoms with E-state index in [0.717, 1.165) is 6.04 Å². The van der Waals surface area contributed by atoms with Crippen LogP contribution in [0, 0.1) is 6.92 Å². The van der Waals surface area contributed by atoms with Gasteiger partial charge in [-0.1, -0.05) is 29.8 Å². The second-order valence-electron chi connectivity index (χ2n) is 5.63. The van der Waals surface area contributed by atoms with Gasteiger partial charge in [-0.25, -0.2) is 0 Å². The Morgan fingerprint density at radius 1 is 1.24 bits per heavy atom. The van der Waals surface area contributed by atoms with E-state index in [1.165, 1.54) is 43.4 Å². The molecule has 2 fully saturated rings. The largest absolute Gasteiger partial charge is 0.326 e. The van der Waals surface area contributed by atoms with Crippen molar-refractivity contribution in [2.24, 2.45) is 5.73 Å². The Morgan fingerprint density at radius 3 is 2.76 bits per heavy atom. The highest BCUT2D eigenvalue weighted by molar-refractivity contribution is 5.27. The van der Waals surface area contributed by atoms with Gasteiger partial charge >= 0.3 is 0 Å². The van der Waals surface area contributed by atoms with Crippen molar-refractivity contribution in [1.29, 1.82) is 0 Å². The second kappa shape index (κ2) is 4.43. The third kappa shape index (κ3) is 2.24. The molecule has 1 heterocycles. The van der Waals surface area contributed by atoms with Crippen LogP contribution in [0.1, 0.15) is 42.9 Å². The number of nitrogens with two attached hydrogens (primary N) is 1. The van der Waals surface area contributed by atoms with E-state index in [4.69, 9.17) is 5.73 Å². The lowest BCUT2D eigenvalue weighted by atomic mass is 9.90. The Bertz CT molecular complexity index is 398. The van der Waals surface area contributed by atoms with Gasteiger partial charge in [-0.15, -0.1) is 0 Å². The van der Waals surface area contributed by atoms with Crippen LogP contribution in [-0.4, -0.2) is 23.5 Å². The number of likely N-dealkylation sites (tertiary alicyclic amines) is 1. The smallest absolute Gasteiger partial charge is 0.0502 e. The first-order chi connectivity index (χ1) is 8.25. The summed E-state index contributed by atoms with van der Waals surface area (Å²) in [5, 5.41) is 0. The molecule has 1 aliphatic heterocycles. The molecule has 0 radical (unpaired) electrons. The van der Waals surface area contributed by atoms with Gasteiger partial charge in [0, 0.05) is 12.1 Å². The summed E-state index contributed by atoms with van der Waals surface area (Å²) in [6, 6.07) is 10.5. The van der Waals surface area contributed by atoms with Crippen LogP contribution in [-0.2, 0) is 0 Å². The summed E-state index contributed by atoms with van der Waals surface area (Å²) in [7, 11) is 0. The third-order valence-corrected chi connectivity index (χ3v) is 4.12. The molecular formula is C15H22N2. The van der Waals surface area contributed by atoms with Crippen LogP contribution in [0.5, 0.6) is 0 Å². The standard InChI is InChI=1S/C15H22N2/c1-11-4-2-5-12(10-11)15-14(16)6-3-9-17(15)13-7-8-13/h2,4-5,10,13-15H,3,6-9,16H2,1H3. The zero-order chi connectivity index (χ0) is 11.8. The van der Waals surface area contributed by atoms with Crippen molar-refractivity contribution in [3.05, 3.63) is 35.4 Å². The van der Waals surface area contributed by atoms with Crippen LogP contribution in [0.4, 0.5) is 0 Å². The van der Waals surface area contributed by atoms with Gasteiger partial charge in [0.2, 0.25) is 0 Å². The Hall–Kier alpha value is -0.860. The SMILES string of the molecule is Cc1cccc(C2C(N)CCCN2C2CC2)c1. The molecule has 0 amide bonds. The van der Waals surface area contributed by atoms with E-state index in [1.54, 1.807) is 0 Å². The van der Waals surface area contributed by atoms with E-state index in [0.29, 0.717) is 12.1 Å². The predicted molar refractivity (Wildman–Crippen MR) is 70.9 cm³/mol. The molecule has 0 spiro atoms. The Morgan fingerprint density at radius 2 is 2.06 bits per heavy atom. The lowest BCUT2D eigenvalue weighted by molar-refractivity contribution is 0.120. The van der Waals surface area contributed by atoms with Gasteiger partial charge < -0.3 is 5.73 Å². The topological polar surface area (TPSA) is 29.3 Å². The number of aryl methyl sites for hydroxylation is 1. The van der Waals surface area contributed by atoms with Crippen LogP contribution in [0.3, 0.4) is 0 Å². The van der Waals surface area contributed by atoms with E-state index in [-0.39, 0.29) is 0 Å². The first-order valence-corrected chi connectivity index (χ1v) is 6.83. The average Bonchev–Trinajstić information content (AvgIpc) is 3.12. The molecule has 2 nitrogen and oxygen atoms in total. The summed E-state index contributed by atoms with van der Waals surface area (Å²) < 4.78 is 0. The van der Waals surface area contributed by atoms with Gasteiger partial charge in [-0.3, -0.25) is 4.90 Å². The van der Waals surface area contributed by atoms with Gasteiger partial charge in [-0.2, -0.15) is 0 Å². The summed E-state index contributed by atoms with van der Waals surface area (Å²) in [6.07, 6.45) is 5.17. The molecule has 1 saturated carbocycles. The lowest BCUT2D eigenvalue weighted by Gasteiger charge is -2.40. The van der Waals surface area contributed by atoms with Crippen LogP contribution in [0.25, 0.3) is 0 Å². The van der Waals surface area contributed by atoms with E-state index < -0.39 is 0 Å². The fourth-order valence-corrected chi connectivity index (χ4v) is 3.16. The molecule has 1 aromatic carbocycles. The van der Waals surface area contributed by atoms with E-state index >= 15 is 0 Å². The summed E-state index contributed by atoms with van der Waals surface area (Å²) in [5.74, 6) is 0. The molecule has 17 heavy (non-hydrogen) atoms. The predicted octanol–water partition coefficient (Wildman–Crippen LogP) is 2.62. The molecule has 1 saturated heterocycles. The molecular weight excluding hydrogens is 208 g/mol. The number of nitrogens with zero attached hydrogens (tertiary/aromatic N) is 1. The summed E-state index contributed by atoms with van der Waals surface area (Å²) in [6.45, 7) is 3.40. The fourth-order valence-electron chi connectivity index (χ4n) is 3.16. The zero-order valence-corrected chi connectivity index (χ0v) is 10.6. The van der Waals surface area contributed by atoms with E-state index in [2.05, 4.69) is 36.1 Å². The van der Waals surface area contributed by atoms with Crippen molar-refractivity contribution in [1.82, 2.24) is 4.90 Å². The summed E-state index contributed by atoms with van der Waals surface area (Å²) in [4.78, 5) is 2.66. The number of rotatable bonds is 2. The van der Waals surface area contributed by atoms with Gasteiger partial charge in [0.1, 0.15) is 0 Å². The quantitative estimate of drug-likeness (QED) is 0.846. The van der Waals surface area contributed by atoms with Crippen molar-refractivity contribution in [2.75, 3.05) is 6.54 Å². The van der Waals surface area contributed by atoms with Crippen LogP contribution < -0.4 is 5.73 Å². The molecule has 92 valence electrons. The van der Waals surface area contributed by atoms with Crippen molar-refractivity contribution >= 4 is 0 Å². The van der Waals surface area contributed by atoms with Crippen molar-refractivity contribution < 1.29 is 0 Å². The Labute approximate surface area is 104 Å². The maximum atomic E-state index is 6.38. The molecule has 0 aromatic heterocycles. The van der Waals surface area contributed by atoms with Gasteiger partial charge in [-0.05, 0) is 44.7 Å². The number of piperidine rings is 1. The fraction of sp³-hybridized carbons (Fsp3) is 0.600. The maximum Gasteiger partial charge on any atom is 0.0502 e. The molecule has 1 aromatic rings. The van der Waals surface area contributed by atoms with Crippen molar-refractivity contribution in [3.63, 3.8) is 0 Å². The van der Waals surface area contributed by atoms with Crippen LogP contribution in [0.15, 0.2) is 24.3 Å². The Kier molecular flexibility index (Phi) is 2.93. The molecule has 2 N–H and O–H groups in total. The lowest BCUT2D eigenvalue weighted by Crippen LogP contribution is -2.46. The maximum absolute atomic E-state index is 6.38. The molecule has 3 rings (SSSR count). The van der Waals surface area contributed by atoms with Crippen LogP contribution in [0.2, 0.25) is 0 Å². The minimum atomic E-state index is 0.311. The first kappa shape index (κ1) is 11.2. The number of hydrogen-bond acceptors (Lipinski definition) is 2. The van der Waals surface area contributed by atoms with Gasteiger partial charge in [0.25, 0.3) is 0 Å². The molecule has 2 unspecified atom stereocenters. The van der Waals surface area contributed by atoms with E-state index in [1.807, 2.05) is 0 Å². The molecule has 1 aliphatic carbocycles. The molecule has 2 atom stereocenters. The summed E-state index contributed by atoms with van der Waals surface area (Å²) in [5.41, 5.74) is 9.14. The van der Waals surface area contributed by atoms with Gasteiger partial charge in [0.15, 0.2) is 0 Å².